The molecule has 0 radical (unpaired) electrons. The lowest BCUT2D eigenvalue weighted by Crippen LogP contribution is -2.18. The van der Waals surface area contributed by atoms with Gasteiger partial charge in [-0.05, 0) is 44.0 Å². The highest BCUT2D eigenvalue weighted by Gasteiger charge is 2.21. The summed E-state index contributed by atoms with van der Waals surface area (Å²) >= 11 is 10.2. The molecule has 2 rings (SSSR count). The Morgan fingerprint density at radius 2 is 2.15 bits per heavy atom. The van der Waals surface area contributed by atoms with Gasteiger partial charge in [0, 0.05) is 6.07 Å². The average Bonchev–Trinajstić information content (AvgIpc) is 2.88. The van der Waals surface area contributed by atoms with Crippen LogP contribution in [0.1, 0.15) is 25.7 Å². The summed E-state index contributed by atoms with van der Waals surface area (Å²) in [5.74, 6) is -0.705. The number of nitrogens with zero attached hydrogens (tertiary/aromatic N) is 1. The third-order valence-corrected chi connectivity index (χ3v) is 3.31. The Labute approximate surface area is 125 Å². The minimum Gasteiger partial charge on any atom is -0.431 e. The molecular formula is C13H11ClFNO3S. The molecule has 1 aliphatic rings. The van der Waals surface area contributed by atoms with Crippen LogP contribution in [0, 0.1) is 5.82 Å². The molecule has 0 bridgehead atoms. The van der Waals surface area contributed by atoms with Gasteiger partial charge in [-0.1, -0.05) is 11.6 Å². The van der Waals surface area contributed by atoms with Crippen LogP contribution in [0.5, 0.6) is 5.75 Å². The number of hydrogen-bond acceptors (Lipinski definition) is 5. The maximum absolute atomic E-state index is 13.4. The van der Waals surface area contributed by atoms with E-state index in [2.05, 4.69) is 17.2 Å². The minimum absolute atomic E-state index is 0.0277. The summed E-state index contributed by atoms with van der Waals surface area (Å²) in [6, 6.07) is 2.16. The van der Waals surface area contributed by atoms with Gasteiger partial charge in [0.1, 0.15) is 11.8 Å². The molecular weight excluding hydrogens is 305 g/mol. The van der Waals surface area contributed by atoms with Crippen LogP contribution in [0.3, 0.4) is 0 Å². The molecule has 7 heteroatoms. The molecule has 0 heterocycles. The molecule has 0 N–H and O–H groups in total. The first-order valence-electron chi connectivity index (χ1n) is 6.05. The standard InChI is InChI=1S/C13H11ClFNO3S/c14-9-5-10(15)11(16-7-20)6-12(9)19-13(17)18-8-3-1-2-4-8/h5-6,8H,1-4H2. The predicted molar refractivity (Wildman–Crippen MR) is 75.5 cm³/mol. The van der Waals surface area contributed by atoms with Crippen molar-refractivity contribution in [2.24, 2.45) is 4.99 Å². The van der Waals surface area contributed by atoms with Crippen LogP contribution in [-0.2, 0) is 4.74 Å². The zero-order valence-corrected chi connectivity index (χ0v) is 12.0. The molecule has 1 saturated carbocycles. The number of rotatable bonds is 3. The van der Waals surface area contributed by atoms with Crippen molar-refractivity contribution >= 4 is 40.8 Å². The molecule has 0 atom stereocenters. The second-order valence-corrected chi connectivity index (χ2v) is 4.90. The van der Waals surface area contributed by atoms with Crippen molar-refractivity contribution in [3.63, 3.8) is 0 Å². The Morgan fingerprint density at radius 3 is 2.80 bits per heavy atom. The summed E-state index contributed by atoms with van der Waals surface area (Å²) in [5, 5.41) is 1.99. The van der Waals surface area contributed by atoms with Crippen molar-refractivity contribution in [3.8, 4) is 5.75 Å². The molecule has 1 aromatic rings. The van der Waals surface area contributed by atoms with Crippen LogP contribution in [-0.4, -0.2) is 17.4 Å². The van der Waals surface area contributed by atoms with Gasteiger partial charge in [-0.3, -0.25) is 0 Å². The fraction of sp³-hybridized carbons (Fsp3) is 0.385. The monoisotopic (exact) mass is 315 g/mol. The summed E-state index contributed by atoms with van der Waals surface area (Å²) in [7, 11) is 0. The zero-order valence-electron chi connectivity index (χ0n) is 10.4. The number of thiocarbonyl (C=S) groups is 1. The number of carbonyl (C=O) groups excluding carboxylic acids is 1. The summed E-state index contributed by atoms with van der Waals surface area (Å²) < 4.78 is 23.5. The van der Waals surface area contributed by atoms with Gasteiger partial charge in [-0.25, -0.2) is 9.18 Å². The second-order valence-electron chi connectivity index (χ2n) is 4.31. The van der Waals surface area contributed by atoms with Gasteiger partial charge >= 0.3 is 6.16 Å². The zero-order chi connectivity index (χ0) is 14.5. The summed E-state index contributed by atoms with van der Waals surface area (Å²) in [6.07, 6.45) is 2.73. The van der Waals surface area contributed by atoms with E-state index in [9.17, 15) is 9.18 Å². The fourth-order valence-electron chi connectivity index (χ4n) is 1.99. The summed E-state index contributed by atoms with van der Waals surface area (Å²) in [4.78, 5) is 15.1. The normalized spacial score (nSPS) is 14.7. The van der Waals surface area contributed by atoms with Gasteiger partial charge in [-0.15, -0.1) is 0 Å². The van der Waals surface area contributed by atoms with E-state index in [-0.39, 0.29) is 22.6 Å². The number of carbonyl (C=O) groups is 1. The maximum Gasteiger partial charge on any atom is 0.514 e. The number of benzene rings is 1. The van der Waals surface area contributed by atoms with Crippen LogP contribution < -0.4 is 4.74 Å². The Balaban J connectivity index is 2.09. The Bertz CT molecular complexity index is 569. The highest BCUT2D eigenvalue weighted by atomic mass is 35.5. The van der Waals surface area contributed by atoms with Gasteiger partial charge in [0.15, 0.2) is 11.6 Å². The van der Waals surface area contributed by atoms with E-state index >= 15 is 0 Å². The quantitative estimate of drug-likeness (QED) is 0.352. The largest absolute Gasteiger partial charge is 0.514 e. The van der Waals surface area contributed by atoms with E-state index in [4.69, 9.17) is 21.1 Å². The lowest BCUT2D eigenvalue weighted by atomic mass is 10.3. The van der Waals surface area contributed by atoms with E-state index in [0.717, 1.165) is 31.7 Å². The number of hydrogen-bond donors (Lipinski definition) is 0. The second kappa shape index (κ2) is 6.79. The number of aliphatic imine (C=N–C) groups is 1. The van der Waals surface area contributed by atoms with E-state index in [0.29, 0.717) is 0 Å². The van der Waals surface area contributed by atoms with Gasteiger partial charge in [-0.2, -0.15) is 4.99 Å². The molecule has 0 unspecified atom stereocenters. The van der Waals surface area contributed by atoms with Crippen molar-refractivity contribution in [1.82, 2.24) is 0 Å². The topological polar surface area (TPSA) is 47.9 Å². The van der Waals surface area contributed by atoms with Gasteiger partial charge in [0.25, 0.3) is 0 Å². The molecule has 1 aliphatic carbocycles. The van der Waals surface area contributed by atoms with Crippen LogP contribution >= 0.6 is 23.8 Å². The SMILES string of the molecule is O=C(Oc1cc(N=C=S)c(F)cc1Cl)OC1CCCC1. The molecule has 106 valence electrons. The molecule has 20 heavy (non-hydrogen) atoms. The van der Waals surface area contributed by atoms with Gasteiger partial charge in [0.2, 0.25) is 0 Å². The molecule has 0 amide bonds. The third-order valence-electron chi connectivity index (χ3n) is 2.93. The Kier molecular flexibility index (Phi) is 5.06. The molecule has 0 aromatic heterocycles. The van der Waals surface area contributed by atoms with E-state index in [1.54, 1.807) is 0 Å². The van der Waals surface area contributed by atoms with Crippen molar-refractivity contribution in [3.05, 3.63) is 23.0 Å². The Morgan fingerprint density at radius 1 is 1.45 bits per heavy atom. The molecule has 0 saturated heterocycles. The predicted octanol–water partition coefficient (Wildman–Crippen LogP) is 4.67. The molecule has 1 aromatic carbocycles. The van der Waals surface area contributed by atoms with E-state index < -0.39 is 12.0 Å². The number of ether oxygens (including phenoxy) is 2. The maximum atomic E-state index is 13.4. The van der Waals surface area contributed by atoms with Crippen molar-refractivity contribution in [2.45, 2.75) is 31.8 Å². The molecule has 0 spiro atoms. The third kappa shape index (κ3) is 3.76. The molecule has 1 fully saturated rings. The van der Waals surface area contributed by atoms with Crippen LogP contribution in [0.15, 0.2) is 17.1 Å². The molecule has 4 nitrogen and oxygen atoms in total. The lowest BCUT2D eigenvalue weighted by molar-refractivity contribution is 0.0613. The smallest absolute Gasteiger partial charge is 0.431 e. The first kappa shape index (κ1) is 14.9. The highest BCUT2D eigenvalue weighted by molar-refractivity contribution is 7.78. The fourth-order valence-corrected chi connectivity index (χ4v) is 2.27. The van der Waals surface area contributed by atoms with Crippen molar-refractivity contribution < 1.29 is 18.7 Å². The van der Waals surface area contributed by atoms with E-state index in [1.807, 2.05) is 5.16 Å². The van der Waals surface area contributed by atoms with Crippen LogP contribution in [0.25, 0.3) is 0 Å². The first-order valence-corrected chi connectivity index (χ1v) is 6.84. The van der Waals surface area contributed by atoms with Crippen LogP contribution in [0.4, 0.5) is 14.9 Å². The highest BCUT2D eigenvalue weighted by Crippen LogP contribution is 2.32. The van der Waals surface area contributed by atoms with E-state index in [1.165, 1.54) is 6.07 Å². The van der Waals surface area contributed by atoms with Crippen molar-refractivity contribution in [1.29, 1.82) is 0 Å². The van der Waals surface area contributed by atoms with Gasteiger partial charge < -0.3 is 9.47 Å². The minimum atomic E-state index is -0.859. The lowest BCUT2D eigenvalue weighted by Gasteiger charge is -2.12. The Hall–Kier alpha value is -1.49. The van der Waals surface area contributed by atoms with Gasteiger partial charge in [0.05, 0.1) is 10.2 Å². The summed E-state index contributed by atoms with van der Waals surface area (Å²) in [5.41, 5.74) is -0.104. The number of halogens is 2. The molecule has 0 aliphatic heterocycles. The first-order chi connectivity index (χ1) is 9.60. The van der Waals surface area contributed by atoms with Crippen molar-refractivity contribution in [2.75, 3.05) is 0 Å². The summed E-state index contributed by atoms with van der Waals surface area (Å²) in [6.45, 7) is 0. The van der Waals surface area contributed by atoms with Crippen LogP contribution in [0.2, 0.25) is 5.02 Å². The number of isothiocyanates is 1. The average molecular weight is 316 g/mol.